The number of aliphatic hydroxyl groups excluding tert-OH is 1. The Balaban J connectivity index is 1.56. The van der Waals surface area contributed by atoms with E-state index in [0.717, 1.165) is 49.1 Å². The fourth-order valence-electron chi connectivity index (χ4n) is 3.30. The van der Waals surface area contributed by atoms with E-state index in [-0.39, 0.29) is 6.10 Å². The number of aliphatic hydroxyl groups is 1. The van der Waals surface area contributed by atoms with Crippen LogP contribution in [0.1, 0.15) is 50.1 Å². The van der Waals surface area contributed by atoms with Crippen molar-refractivity contribution in [2.24, 2.45) is 11.8 Å². The second-order valence-electron chi connectivity index (χ2n) is 6.45. The SMILES string of the molecule is OC1CCC(CNC(c2ccc(Cl)cc2)C2CC2)CC1. The fraction of sp³-hybridized carbons (Fsp3) is 0.647. The number of hydrogen-bond donors (Lipinski definition) is 2. The van der Waals surface area contributed by atoms with Crippen molar-refractivity contribution >= 4 is 11.6 Å². The third-order valence-corrected chi connectivity index (χ3v) is 5.02. The topological polar surface area (TPSA) is 32.3 Å². The Morgan fingerprint density at radius 3 is 2.30 bits per heavy atom. The maximum Gasteiger partial charge on any atom is 0.0540 e. The minimum absolute atomic E-state index is 0.0539. The molecule has 2 aliphatic rings. The molecule has 2 N–H and O–H groups in total. The summed E-state index contributed by atoms with van der Waals surface area (Å²) in [7, 11) is 0. The summed E-state index contributed by atoms with van der Waals surface area (Å²) in [5.41, 5.74) is 1.37. The van der Waals surface area contributed by atoms with Crippen molar-refractivity contribution in [3.05, 3.63) is 34.9 Å². The van der Waals surface area contributed by atoms with Crippen LogP contribution in [0.25, 0.3) is 0 Å². The molecule has 3 heteroatoms. The van der Waals surface area contributed by atoms with E-state index in [1.54, 1.807) is 0 Å². The van der Waals surface area contributed by atoms with Crippen molar-refractivity contribution in [2.75, 3.05) is 6.54 Å². The molecular weight excluding hydrogens is 270 g/mol. The average Bonchev–Trinajstić information content (AvgIpc) is 3.28. The van der Waals surface area contributed by atoms with E-state index >= 15 is 0 Å². The van der Waals surface area contributed by atoms with Gasteiger partial charge in [0.25, 0.3) is 0 Å². The molecule has 2 fully saturated rings. The molecule has 0 aromatic heterocycles. The Kier molecular flexibility index (Phi) is 4.65. The van der Waals surface area contributed by atoms with Crippen LogP contribution in [-0.4, -0.2) is 17.8 Å². The third-order valence-electron chi connectivity index (χ3n) is 4.77. The van der Waals surface area contributed by atoms with Gasteiger partial charge >= 0.3 is 0 Å². The second-order valence-corrected chi connectivity index (χ2v) is 6.89. The number of hydrogen-bond acceptors (Lipinski definition) is 2. The van der Waals surface area contributed by atoms with Crippen LogP contribution in [0.4, 0.5) is 0 Å². The maximum atomic E-state index is 9.57. The van der Waals surface area contributed by atoms with Gasteiger partial charge in [0, 0.05) is 11.1 Å². The molecule has 1 aromatic carbocycles. The number of nitrogens with one attached hydrogen (secondary N) is 1. The van der Waals surface area contributed by atoms with Crippen LogP contribution in [0, 0.1) is 11.8 Å². The zero-order valence-corrected chi connectivity index (χ0v) is 12.6. The smallest absolute Gasteiger partial charge is 0.0540 e. The molecule has 2 saturated carbocycles. The summed E-state index contributed by atoms with van der Waals surface area (Å²) < 4.78 is 0. The molecule has 0 spiro atoms. The minimum Gasteiger partial charge on any atom is -0.393 e. The summed E-state index contributed by atoms with van der Waals surface area (Å²) in [5.74, 6) is 1.53. The first-order chi connectivity index (χ1) is 9.72. The van der Waals surface area contributed by atoms with E-state index in [4.69, 9.17) is 11.6 Å². The lowest BCUT2D eigenvalue weighted by Crippen LogP contribution is -2.31. The summed E-state index contributed by atoms with van der Waals surface area (Å²) in [6, 6.07) is 8.78. The van der Waals surface area contributed by atoms with Crippen LogP contribution >= 0.6 is 11.6 Å². The maximum absolute atomic E-state index is 9.57. The van der Waals surface area contributed by atoms with Gasteiger partial charge in [-0.05, 0) is 74.6 Å². The van der Waals surface area contributed by atoms with E-state index in [0.29, 0.717) is 6.04 Å². The van der Waals surface area contributed by atoms with Crippen LogP contribution in [0.2, 0.25) is 5.02 Å². The highest BCUT2D eigenvalue weighted by atomic mass is 35.5. The van der Waals surface area contributed by atoms with Gasteiger partial charge in [-0.25, -0.2) is 0 Å². The van der Waals surface area contributed by atoms with Gasteiger partial charge in [-0.3, -0.25) is 0 Å². The van der Waals surface area contributed by atoms with Crippen LogP contribution in [0.15, 0.2) is 24.3 Å². The van der Waals surface area contributed by atoms with Gasteiger partial charge in [0.05, 0.1) is 6.10 Å². The van der Waals surface area contributed by atoms with Gasteiger partial charge in [0.1, 0.15) is 0 Å². The summed E-state index contributed by atoms with van der Waals surface area (Å²) in [6.45, 7) is 1.08. The van der Waals surface area contributed by atoms with Crippen molar-refractivity contribution in [1.82, 2.24) is 5.32 Å². The second kappa shape index (κ2) is 6.46. The van der Waals surface area contributed by atoms with E-state index in [1.807, 2.05) is 12.1 Å². The molecule has 1 atom stereocenters. The summed E-state index contributed by atoms with van der Waals surface area (Å²) in [4.78, 5) is 0. The van der Waals surface area contributed by atoms with E-state index in [9.17, 15) is 5.11 Å². The summed E-state index contributed by atoms with van der Waals surface area (Å²) in [6.07, 6.45) is 6.89. The van der Waals surface area contributed by atoms with E-state index < -0.39 is 0 Å². The van der Waals surface area contributed by atoms with Crippen LogP contribution < -0.4 is 5.32 Å². The van der Waals surface area contributed by atoms with Gasteiger partial charge in [-0.15, -0.1) is 0 Å². The minimum atomic E-state index is -0.0539. The summed E-state index contributed by atoms with van der Waals surface area (Å²) >= 11 is 5.98. The number of benzene rings is 1. The van der Waals surface area contributed by atoms with Crippen molar-refractivity contribution in [3.8, 4) is 0 Å². The Morgan fingerprint density at radius 2 is 1.70 bits per heavy atom. The van der Waals surface area contributed by atoms with Crippen LogP contribution in [-0.2, 0) is 0 Å². The molecule has 0 saturated heterocycles. The molecule has 110 valence electrons. The predicted molar refractivity (Wildman–Crippen MR) is 82.9 cm³/mol. The van der Waals surface area contributed by atoms with Crippen molar-refractivity contribution in [2.45, 2.75) is 50.7 Å². The first kappa shape index (κ1) is 14.4. The molecule has 1 aromatic rings. The fourth-order valence-corrected chi connectivity index (χ4v) is 3.42. The molecular formula is C17H24ClNO. The van der Waals surface area contributed by atoms with Crippen molar-refractivity contribution in [1.29, 1.82) is 0 Å². The van der Waals surface area contributed by atoms with Crippen molar-refractivity contribution < 1.29 is 5.11 Å². The molecule has 20 heavy (non-hydrogen) atoms. The molecule has 0 heterocycles. The Bertz CT molecular complexity index is 421. The molecule has 2 nitrogen and oxygen atoms in total. The van der Waals surface area contributed by atoms with E-state index in [1.165, 1.54) is 18.4 Å². The molecule has 1 unspecified atom stereocenters. The van der Waals surface area contributed by atoms with Gasteiger partial charge in [0.15, 0.2) is 0 Å². The molecule has 2 aliphatic carbocycles. The highest BCUT2D eigenvalue weighted by Gasteiger charge is 2.32. The van der Waals surface area contributed by atoms with Gasteiger partial charge < -0.3 is 10.4 Å². The summed E-state index contributed by atoms with van der Waals surface area (Å²) in [5, 5.41) is 14.2. The van der Waals surface area contributed by atoms with Gasteiger partial charge in [-0.1, -0.05) is 23.7 Å². The Hall–Kier alpha value is -0.570. The molecule has 0 aliphatic heterocycles. The first-order valence-electron chi connectivity index (χ1n) is 7.89. The highest BCUT2D eigenvalue weighted by molar-refractivity contribution is 6.30. The highest BCUT2D eigenvalue weighted by Crippen LogP contribution is 2.41. The zero-order chi connectivity index (χ0) is 13.9. The largest absolute Gasteiger partial charge is 0.393 e. The van der Waals surface area contributed by atoms with Gasteiger partial charge in [0.2, 0.25) is 0 Å². The Labute approximate surface area is 126 Å². The van der Waals surface area contributed by atoms with Crippen LogP contribution in [0.3, 0.4) is 0 Å². The lowest BCUT2D eigenvalue weighted by Gasteiger charge is -2.28. The average molecular weight is 294 g/mol. The number of halogens is 1. The van der Waals surface area contributed by atoms with Crippen molar-refractivity contribution in [3.63, 3.8) is 0 Å². The zero-order valence-electron chi connectivity index (χ0n) is 11.9. The Morgan fingerprint density at radius 1 is 1.05 bits per heavy atom. The monoisotopic (exact) mass is 293 g/mol. The normalized spacial score (nSPS) is 28.3. The molecule has 3 rings (SSSR count). The quantitative estimate of drug-likeness (QED) is 0.862. The molecule has 0 bridgehead atoms. The van der Waals surface area contributed by atoms with E-state index in [2.05, 4.69) is 17.4 Å². The lowest BCUT2D eigenvalue weighted by molar-refractivity contribution is 0.107. The predicted octanol–water partition coefficient (Wildman–Crippen LogP) is 3.93. The third kappa shape index (κ3) is 3.75. The van der Waals surface area contributed by atoms with Gasteiger partial charge in [-0.2, -0.15) is 0 Å². The van der Waals surface area contributed by atoms with Crippen LogP contribution in [0.5, 0.6) is 0 Å². The molecule has 0 radical (unpaired) electrons. The number of rotatable bonds is 5. The standard InChI is InChI=1S/C17H24ClNO/c18-15-7-5-14(6-8-15)17(13-3-4-13)19-11-12-1-9-16(20)10-2-12/h5-8,12-13,16-17,19-20H,1-4,9-11H2. The lowest BCUT2D eigenvalue weighted by atomic mass is 9.87. The first-order valence-corrected chi connectivity index (χ1v) is 8.27. The molecule has 0 amide bonds.